The largest absolute Gasteiger partial charge is 0.419 e. The monoisotopic (exact) mass is 1310 g/mol. The zero-order chi connectivity index (χ0) is 59.3. The molecule has 0 radical (unpaired) electrons. The van der Waals surface area contributed by atoms with Crippen LogP contribution in [0.4, 0.5) is 79.8 Å². The van der Waals surface area contributed by atoms with Crippen LogP contribution in [0.3, 0.4) is 0 Å². The van der Waals surface area contributed by atoms with Gasteiger partial charge in [-0.1, -0.05) is 31.9 Å². The molecule has 2 aliphatic heterocycles. The number of carbonyl (C=O) groups is 1. The van der Waals surface area contributed by atoms with Crippen molar-refractivity contribution in [2.24, 2.45) is 0 Å². The van der Waals surface area contributed by atoms with Gasteiger partial charge in [0.05, 0.1) is 19.7 Å². The highest BCUT2D eigenvalue weighted by Gasteiger charge is 2.55. The summed E-state index contributed by atoms with van der Waals surface area (Å²) >= 11 is 6.08. The second-order valence-corrected chi connectivity index (χ2v) is 21.0. The van der Waals surface area contributed by atoms with Gasteiger partial charge in [0.1, 0.15) is 6.29 Å². The third-order valence-corrected chi connectivity index (χ3v) is 14.8. The smallest absolute Gasteiger partial charge is 0.379 e. The molecule has 3 unspecified atom stereocenters. The van der Waals surface area contributed by atoms with Crippen LogP contribution in [0, 0.1) is 63.7 Å². The highest BCUT2D eigenvalue weighted by molar-refractivity contribution is 9.09. The van der Waals surface area contributed by atoms with E-state index in [1.165, 1.54) is 15.4 Å². The van der Waals surface area contributed by atoms with Gasteiger partial charge in [0, 0.05) is 79.8 Å². The Bertz CT molecular complexity index is 2880. The minimum Gasteiger partial charge on any atom is -0.379 e. The van der Waals surface area contributed by atoms with Crippen molar-refractivity contribution in [3.05, 3.63) is 159 Å². The number of aldehydes is 1. The van der Waals surface area contributed by atoms with Gasteiger partial charge in [-0.25, -0.2) is 19.5 Å². The molecule has 3 atom stereocenters. The van der Waals surface area contributed by atoms with Crippen LogP contribution >= 0.6 is 47.2 Å². The fourth-order valence-electron chi connectivity index (χ4n) is 5.76. The number of alkyl halides is 11. The number of nitrogens with one attached hydrogen (secondary N) is 2. The van der Waals surface area contributed by atoms with Crippen LogP contribution in [0.25, 0.3) is 0 Å². The third-order valence-electron chi connectivity index (χ3n) is 9.52. The number of nitro groups is 4. The van der Waals surface area contributed by atoms with Gasteiger partial charge in [0.2, 0.25) is 23.3 Å². The second-order valence-electron chi connectivity index (χ2n) is 15.1. The van der Waals surface area contributed by atoms with Gasteiger partial charge in [-0.2, -0.15) is 57.1 Å². The number of rotatable bonds is 20. The van der Waals surface area contributed by atoms with E-state index >= 15 is 0 Å². The topological polar surface area (TPSA) is 293 Å². The Morgan fingerprint density at radius 3 is 1.17 bits per heavy atom. The first-order valence-electron chi connectivity index (χ1n) is 20.8. The summed E-state index contributed by atoms with van der Waals surface area (Å²) in [6.45, 7) is 1.48. The fraction of sp³-hybridized carbons (Fsp3) is 0.359. The number of benzene rings is 4. The molecule has 0 bridgehead atoms. The van der Waals surface area contributed by atoms with Crippen LogP contribution in [-0.4, -0.2) is 109 Å². The Labute approximate surface area is 444 Å². The van der Waals surface area contributed by atoms with Crippen molar-refractivity contribution in [2.45, 2.75) is 36.8 Å². The number of aliphatic hydroxyl groups excluding tert-OH is 1. The standard InChI is InChI=1S/C12H14Br2F4N3O4P.C12H12F4N3O4P.C8H5F4NO3.C7H4FNO3/c13-3-5-19-26(24,20-6-4-14)25-11(12(16,17)18)8-1-2-10(21(22)23)9(15)7-8;13-9-7-8(1-2-10(9)19(20)21)11(12(14,15)16)23-24(22,17-3-4-17)18-5-6-18;9-5-3-4(7(14)8(10,11)12)1-2-6(5)13(15)16;8-6-3-5(4-10)1-2-7(6)9(11)12/h1-2,7,11H,3-6H2,(H2,19,20,24);1-2,7,11H,3-6H2;1-3,7,14H;1-4H. The van der Waals surface area contributed by atoms with Crippen LogP contribution in [0.2, 0.25) is 0 Å². The Hall–Kier alpha value is -5.62. The Kier molecular flexibility index (Phi) is 23.9. The number of hydrogen-bond donors (Lipinski definition) is 3. The lowest BCUT2D eigenvalue weighted by Gasteiger charge is -2.27. The summed E-state index contributed by atoms with van der Waals surface area (Å²) < 4.78 is 207. The minimum absolute atomic E-state index is 0.0335. The highest BCUT2D eigenvalue weighted by Crippen LogP contribution is 2.64. The fourth-order valence-corrected chi connectivity index (χ4v) is 10.7. The van der Waals surface area contributed by atoms with E-state index in [-0.39, 0.29) is 24.7 Å². The lowest BCUT2D eigenvalue weighted by molar-refractivity contribution is -0.387. The van der Waals surface area contributed by atoms with E-state index < -0.39 is 135 Å². The van der Waals surface area contributed by atoms with Crippen molar-refractivity contribution in [1.29, 1.82) is 0 Å². The van der Waals surface area contributed by atoms with Crippen molar-refractivity contribution in [1.82, 2.24) is 19.5 Å². The molecule has 0 aromatic heterocycles. The third kappa shape index (κ3) is 19.3. The van der Waals surface area contributed by atoms with E-state index in [0.29, 0.717) is 85.6 Å². The molecule has 3 N–H and O–H groups in total. The normalized spacial score (nSPS) is 14.9. The first-order valence-corrected chi connectivity index (χ1v) is 26.2. The van der Waals surface area contributed by atoms with E-state index in [0.717, 1.165) is 18.2 Å². The van der Waals surface area contributed by atoms with E-state index in [4.69, 9.17) is 14.2 Å². The van der Waals surface area contributed by atoms with Gasteiger partial charge in [-0.05, 0) is 65.2 Å². The van der Waals surface area contributed by atoms with Crippen LogP contribution in [0.1, 0.15) is 45.4 Å². The number of nitro benzene ring substituents is 4. The van der Waals surface area contributed by atoms with Crippen molar-refractivity contribution < 1.29 is 105 Å². The van der Waals surface area contributed by atoms with E-state index in [9.17, 15) is 111 Å². The molecular formula is C39H35Br2F13N8O14P2. The Balaban J connectivity index is 0.000000284. The predicted molar refractivity (Wildman–Crippen MR) is 250 cm³/mol. The average molecular weight is 1310 g/mol. The summed E-state index contributed by atoms with van der Waals surface area (Å²) in [6.07, 6.45) is -22.8. The summed E-state index contributed by atoms with van der Waals surface area (Å²) in [5.74, 6) is -5.29. The summed E-state index contributed by atoms with van der Waals surface area (Å²) in [6, 6.07) is 7.91. The maximum Gasteiger partial charge on any atom is 0.419 e. The van der Waals surface area contributed by atoms with E-state index in [2.05, 4.69) is 42.0 Å². The van der Waals surface area contributed by atoms with Gasteiger partial charge in [-0.3, -0.25) is 63.4 Å². The molecule has 2 saturated heterocycles. The molecule has 2 fully saturated rings. The second kappa shape index (κ2) is 28.0. The molecule has 0 spiro atoms. The summed E-state index contributed by atoms with van der Waals surface area (Å²) in [7, 11) is -7.97. The lowest BCUT2D eigenvalue weighted by atomic mass is 10.1. The number of halogens is 15. The van der Waals surface area contributed by atoms with Crippen molar-refractivity contribution >= 4 is 76.2 Å². The van der Waals surface area contributed by atoms with E-state index in [1.54, 1.807) is 0 Å². The molecule has 0 amide bonds. The lowest BCUT2D eigenvalue weighted by Crippen LogP contribution is -2.32. The molecule has 6 rings (SSSR count). The van der Waals surface area contributed by atoms with Crippen molar-refractivity contribution in [3.8, 4) is 0 Å². The van der Waals surface area contributed by atoms with Crippen molar-refractivity contribution in [3.63, 3.8) is 0 Å². The zero-order valence-corrected chi connectivity index (χ0v) is 43.4. The number of hydrogen-bond acceptors (Lipinski definition) is 14. The number of aliphatic hydroxyl groups is 1. The highest BCUT2D eigenvalue weighted by atomic mass is 79.9. The van der Waals surface area contributed by atoms with E-state index in [1.807, 2.05) is 0 Å². The van der Waals surface area contributed by atoms with Crippen LogP contribution in [-0.2, 0) is 18.2 Å². The molecule has 4 aromatic carbocycles. The van der Waals surface area contributed by atoms with Crippen molar-refractivity contribution in [2.75, 3.05) is 49.9 Å². The quantitative estimate of drug-likeness (QED) is 0.0141. The summed E-state index contributed by atoms with van der Waals surface area (Å²) in [4.78, 5) is 47.5. The van der Waals surface area contributed by atoms with Gasteiger partial charge in [0.15, 0.2) is 18.3 Å². The zero-order valence-electron chi connectivity index (χ0n) is 38.4. The van der Waals surface area contributed by atoms with Gasteiger partial charge < -0.3 is 5.11 Å². The molecular weight excluding hydrogens is 1270 g/mol. The maximum atomic E-state index is 13.7. The molecule has 2 aliphatic rings. The van der Waals surface area contributed by atoms with Crippen LogP contribution < -0.4 is 10.2 Å². The average Bonchev–Trinajstić information content (AvgIpc) is 4.27. The minimum atomic E-state index is -5.04. The molecule has 0 saturated carbocycles. The number of carbonyl (C=O) groups excluding carboxylic acids is 1. The van der Waals surface area contributed by atoms with Gasteiger partial charge in [0.25, 0.3) is 0 Å². The first-order chi connectivity index (χ1) is 36.0. The predicted octanol–water partition coefficient (Wildman–Crippen LogP) is 11.4. The van der Waals surface area contributed by atoms with Gasteiger partial charge in [-0.15, -0.1) is 0 Å². The Morgan fingerprint density at radius 1 is 0.564 bits per heavy atom. The van der Waals surface area contributed by atoms with Gasteiger partial charge >= 0.3 is 56.6 Å². The molecule has 430 valence electrons. The molecule has 0 aliphatic carbocycles. The summed E-state index contributed by atoms with van der Waals surface area (Å²) in [5.41, 5.74) is -5.61. The SMILES string of the molecule is O=Cc1ccc([N+](=O)[O-])c(F)c1.O=[N+]([O-])c1ccc(C(O)C(F)(F)F)cc1F.O=[N+]([O-])c1ccc(C(OP(=O)(N2CC2)N2CC2)C(F)(F)F)cc1F.O=[N+]([O-])c1ccc(C(OP(=O)(NCCBr)NCCBr)C(F)(F)F)cc1F. The van der Waals surface area contributed by atoms with Crippen LogP contribution in [0.15, 0.2) is 72.8 Å². The Morgan fingerprint density at radius 2 is 0.885 bits per heavy atom. The van der Waals surface area contributed by atoms with Crippen LogP contribution in [0.5, 0.6) is 0 Å². The molecule has 4 aromatic rings. The molecule has 39 heteroatoms. The molecule has 78 heavy (non-hydrogen) atoms. The maximum absolute atomic E-state index is 13.7. The number of nitrogens with zero attached hydrogens (tertiary/aromatic N) is 6. The first kappa shape index (κ1) is 66.7. The summed E-state index contributed by atoms with van der Waals surface area (Å²) in [5, 5.41) is 55.5. The molecule has 22 nitrogen and oxygen atoms in total. The molecule has 2 heterocycles.